The molecule has 3 aromatic rings. The van der Waals surface area contributed by atoms with Gasteiger partial charge in [0.25, 0.3) is 0 Å². The van der Waals surface area contributed by atoms with Gasteiger partial charge in [0.05, 0.1) is 18.7 Å². The van der Waals surface area contributed by atoms with Crippen LogP contribution in [0.3, 0.4) is 0 Å². The summed E-state index contributed by atoms with van der Waals surface area (Å²) in [5.74, 6) is 1.25. The predicted octanol–water partition coefficient (Wildman–Crippen LogP) is 3.90. The zero-order valence-corrected chi connectivity index (χ0v) is 18.3. The Bertz CT molecular complexity index is 1110. The minimum absolute atomic E-state index is 0.0318. The van der Waals surface area contributed by atoms with E-state index in [4.69, 9.17) is 20.9 Å². The maximum Gasteiger partial charge on any atom is 0.246 e. The molecular formula is C23H22ClFN4O3. The SMILES string of the molecule is COc1ccc(-c2noc(CN3CCN(C(=O)/C=C/c4ccc(F)c(Cl)c4)CC3)n2)cc1. The molecule has 2 aromatic carbocycles. The molecule has 1 aliphatic rings. The van der Waals surface area contributed by atoms with Crippen LogP contribution in [-0.2, 0) is 11.3 Å². The largest absolute Gasteiger partial charge is 0.497 e. The number of hydrogen-bond donors (Lipinski definition) is 0. The van der Waals surface area contributed by atoms with Gasteiger partial charge in [0.15, 0.2) is 0 Å². The number of rotatable bonds is 6. The van der Waals surface area contributed by atoms with E-state index in [0.29, 0.717) is 50.0 Å². The van der Waals surface area contributed by atoms with Crippen LogP contribution in [0, 0.1) is 5.82 Å². The highest BCUT2D eigenvalue weighted by Gasteiger charge is 2.21. The molecule has 2 heterocycles. The highest BCUT2D eigenvalue weighted by atomic mass is 35.5. The molecule has 9 heteroatoms. The maximum atomic E-state index is 13.2. The van der Waals surface area contributed by atoms with Crippen molar-refractivity contribution in [1.82, 2.24) is 19.9 Å². The lowest BCUT2D eigenvalue weighted by molar-refractivity contribution is -0.127. The van der Waals surface area contributed by atoms with Crippen molar-refractivity contribution in [3.63, 3.8) is 0 Å². The first-order valence-corrected chi connectivity index (χ1v) is 10.5. The van der Waals surface area contributed by atoms with Crippen molar-refractivity contribution in [2.24, 2.45) is 0 Å². The van der Waals surface area contributed by atoms with Crippen molar-refractivity contribution in [2.45, 2.75) is 6.54 Å². The average molecular weight is 457 g/mol. The van der Waals surface area contributed by atoms with E-state index in [9.17, 15) is 9.18 Å². The van der Waals surface area contributed by atoms with Crippen LogP contribution in [-0.4, -0.2) is 59.1 Å². The summed E-state index contributed by atoms with van der Waals surface area (Å²) in [6.45, 7) is 3.10. The van der Waals surface area contributed by atoms with Crippen LogP contribution in [0.25, 0.3) is 17.5 Å². The highest BCUT2D eigenvalue weighted by Crippen LogP contribution is 2.20. The molecule has 166 valence electrons. The minimum atomic E-state index is -0.483. The molecule has 0 saturated carbocycles. The van der Waals surface area contributed by atoms with Crippen molar-refractivity contribution < 1.29 is 18.4 Å². The van der Waals surface area contributed by atoms with E-state index in [1.165, 1.54) is 18.2 Å². The first kappa shape index (κ1) is 22.0. The van der Waals surface area contributed by atoms with Gasteiger partial charge in [0.2, 0.25) is 17.6 Å². The van der Waals surface area contributed by atoms with Crippen LogP contribution in [0.1, 0.15) is 11.5 Å². The van der Waals surface area contributed by atoms with Gasteiger partial charge < -0.3 is 14.2 Å². The summed E-state index contributed by atoms with van der Waals surface area (Å²) >= 11 is 5.78. The molecule has 0 unspecified atom stereocenters. The standard InChI is InChI=1S/C23H22ClFN4O3/c1-31-18-6-4-17(5-7-18)23-26-21(32-27-23)15-28-10-12-29(13-11-28)22(30)9-3-16-2-8-20(25)19(24)14-16/h2-9,14H,10-13,15H2,1H3/b9-3+. The lowest BCUT2D eigenvalue weighted by atomic mass is 10.2. The predicted molar refractivity (Wildman–Crippen MR) is 119 cm³/mol. The molecule has 4 rings (SSSR count). The van der Waals surface area contributed by atoms with Gasteiger partial charge in [-0.25, -0.2) is 4.39 Å². The van der Waals surface area contributed by atoms with Crippen LogP contribution >= 0.6 is 11.6 Å². The number of halogens is 2. The maximum absolute atomic E-state index is 13.2. The van der Waals surface area contributed by atoms with Crippen LogP contribution in [0.15, 0.2) is 53.1 Å². The summed E-state index contributed by atoms with van der Waals surface area (Å²) in [5, 5.41) is 4.09. The number of carbonyl (C=O) groups is 1. The molecule has 1 aliphatic heterocycles. The van der Waals surface area contributed by atoms with Gasteiger partial charge in [0.1, 0.15) is 11.6 Å². The Morgan fingerprint density at radius 1 is 1.19 bits per heavy atom. The number of ether oxygens (including phenoxy) is 1. The van der Waals surface area contributed by atoms with Crippen LogP contribution in [0.4, 0.5) is 4.39 Å². The van der Waals surface area contributed by atoms with Gasteiger partial charge >= 0.3 is 0 Å². The lowest BCUT2D eigenvalue weighted by Gasteiger charge is -2.33. The van der Waals surface area contributed by atoms with E-state index in [0.717, 1.165) is 11.3 Å². The number of nitrogens with zero attached hydrogens (tertiary/aromatic N) is 4. The van der Waals surface area contributed by atoms with Gasteiger partial charge in [0, 0.05) is 37.8 Å². The fourth-order valence-corrected chi connectivity index (χ4v) is 3.57. The van der Waals surface area contributed by atoms with Crippen molar-refractivity contribution in [3.8, 4) is 17.1 Å². The van der Waals surface area contributed by atoms with E-state index in [-0.39, 0.29) is 10.9 Å². The molecule has 0 spiro atoms. The molecule has 0 atom stereocenters. The van der Waals surface area contributed by atoms with Crippen LogP contribution in [0.5, 0.6) is 5.75 Å². The zero-order valence-electron chi connectivity index (χ0n) is 17.5. The average Bonchev–Trinajstić information content (AvgIpc) is 3.28. The smallest absolute Gasteiger partial charge is 0.246 e. The quantitative estimate of drug-likeness (QED) is 0.524. The third-order valence-corrected chi connectivity index (χ3v) is 5.51. The summed E-state index contributed by atoms with van der Waals surface area (Å²) in [5.41, 5.74) is 1.53. The molecule has 0 radical (unpaired) electrons. The Hall–Kier alpha value is -3.23. The molecule has 7 nitrogen and oxygen atoms in total. The summed E-state index contributed by atoms with van der Waals surface area (Å²) < 4.78 is 23.8. The molecule has 1 fully saturated rings. The molecular weight excluding hydrogens is 435 g/mol. The van der Waals surface area contributed by atoms with E-state index < -0.39 is 5.82 Å². The second-order valence-corrected chi connectivity index (χ2v) is 7.76. The Labute approximate surface area is 190 Å². The number of amides is 1. The van der Waals surface area contributed by atoms with Crippen molar-refractivity contribution in [2.75, 3.05) is 33.3 Å². The van der Waals surface area contributed by atoms with Crippen molar-refractivity contribution in [3.05, 3.63) is 70.8 Å². The van der Waals surface area contributed by atoms with Gasteiger partial charge in [-0.1, -0.05) is 22.8 Å². The lowest BCUT2D eigenvalue weighted by Crippen LogP contribution is -2.47. The number of piperazine rings is 1. The normalized spacial score (nSPS) is 14.8. The number of carbonyl (C=O) groups excluding carboxylic acids is 1. The first-order valence-electron chi connectivity index (χ1n) is 10.1. The van der Waals surface area contributed by atoms with Crippen LogP contribution < -0.4 is 4.74 Å². The Morgan fingerprint density at radius 2 is 1.94 bits per heavy atom. The Kier molecular flexibility index (Phi) is 6.82. The fraction of sp³-hybridized carbons (Fsp3) is 0.261. The summed E-state index contributed by atoms with van der Waals surface area (Å²) in [6, 6.07) is 11.8. The van der Waals surface area contributed by atoms with Gasteiger partial charge in [-0.2, -0.15) is 4.98 Å². The first-order chi connectivity index (χ1) is 15.5. The molecule has 0 aliphatic carbocycles. The molecule has 32 heavy (non-hydrogen) atoms. The number of hydrogen-bond acceptors (Lipinski definition) is 6. The minimum Gasteiger partial charge on any atom is -0.497 e. The van der Waals surface area contributed by atoms with Crippen molar-refractivity contribution in [1.29, 1.82) is 0 Å². The Morgan fingerprint density at radius 3 is 2.62 bits per heavy atom. The summed E-state index contributed by atoms with van der Waals surface area (Å²) in [7, 11) is 1.62. The monoisotopic (exact) mass is 456 g/mol. The van der Waals surface area contributed by atoms with Gasteiger partial charge in [-0.05, 0) is 48.0 Å². The van der Waals surface area contributed by atoms with Gasteiger partial charge in [-0.15, -0.1) is 0 Å². The fourth-order valence-electron chi connectivity index (χ4n) is 3.38. The molecule has 1 amide bonds. The third-order valence-electron chi connectivity index (χ3n) is 5.22. The number of aromatic nitrogens is 2. The second kappa shape index (κ2) is 9.93. The zero-order chi connectivity index (χ0) is 22.5. The molecule has 0 bridgehead atoms. The van der Waals surface area contributed by atoms with Crippen LogP contribution in [0.2, 0.25) is 5.02 Å². The third kappa shape index (κ3) is 5.33. The topological polar surface area (TPSA) is 71.7 Å². The van der Waals surface area contributed by atoms with Gasteiger partial charge in [-0.3, -0.25) is 9.69 Å². The number of methoxy groups -OCH3 is 1. The van der Waals surface area contributed by atoms with E-state index in [1.54, 1.807) is 24.2 Å². The van der Waals surface area contributed by atoms with E-state index in [1.807, 2.05) is 24.3 Å². The van der Waals surface area contributed by atoms with E-state index >= 15 is 0 Å². The second-order valence-electron chi connectivity index (χ2n) is 7.35. The molecule has 1 aromatic heterocycles. The van der Waals surface area contributed by atoms with E-state index in [2.05, 4.69) is 15.0 Å². The highest BCUT2D eigenvalue weighted by molar-refractivity contribution is 6.30. The molecule has 1 saturated heterocycles. The van der Waals surface area contributed by atoms with Crippen molar-refractivity contribution >= 4 is 23.6 Å². The number of benzene rings is 2. The molecule has 0 N–H and O–H groups in total. The summed E-state index contributed by atoms with van der Waals surface area (Å²) in [4.78, 5) is 20.9. The summed E-state index contributed by atoms with van der Waals surface area (Å²) in [6.07, 6.45) is 3.12. The Balaban J connectivity index is 1.28.